The number of hydrogen-bond acceptors (Lipinski definition) is 6. The van der Waals surface area contributed by atoms with Crippen LogP contribution in [0.2, 0.25) is 0 Å². The number of fused-ring (bicyclic) bond motifs is 2. The Morgan fingerprint density at radius 1 is 1.00 bits per heavy atom. The SMILES string of the molecule is CCn1c(=O)c2ccccc2n(CC(=O)N2CCN(S(=O)(=O)c3c[nH]c4ncccc34)CC2)c1=O. The van der Waals surface area contributed by atoms with Gasteiger partial charge in [-0.1, -0.05) is 12.1 Å². The van der Waals surface area contributed by atoms with Crippen molar-refractivity contribution in [2.75, 3.05) is 26.2 Å². The van der Waals surface area contributed by atoms with Gasteiger partial charge in [0.25, 0.3) is 5.56 Å². The third-order valence-corrected chi connectivity index (χ3v) is 8.30. The lowest BCUT2D eigenvalue weighted by atomic mass is 10.2. The minimum atomic E-state index is -3.77. The number of aromatic amines is 1. The molecule has 1 fully saturated rings. The van der Waals surface area contributed by atoms with E-state index in [-0.39, 0.29) is 55.6 Å². The molecule has 1 amide bonds. The van der Waals surface area contributed by atoms with E-state index in [1.807, 2.05) is 0 Å². The lowest BCUT2D eigenvalue weighted by Gasteiger charge is -2.34. The molecular weight excluding hydrogens is 472 g/mol. The molecule has 1 N–H and O–H groups in total. The molecule has 0 saturated carbocycles. The summed E-state index contributed by atoms with van der Waals surface area (Å²) >= 11 is 0. The Kier molecular flexibility index (Phi) is 5.77. The van der Waals surface area contributed by atoms with E-state index >= 15 is 0 Å². The van der Waals surface area contributed by atoms with Gasteiger partial charge in [-0.05, 0) is 31.2 Å². The van der Waals surface area contributed by atoms with E-state index in [4.69, 9.17) is 0 Å². The molecule has 4 aromatic rings. The Hall–Kier alpha value is -3.77. The highest BCUT2D eigenvalue weighted by Crippen LogP contribution is 2.25. The van der Waals surface area contributed by atoms with Crippen LogP contribution in [0.15, 0.2) is 63.3 Å². The first-order valence-electron chi connectivity index (χ1n) is 11.3. The van der Waals surface area contributed by atoms with Crippen molar-refractivity contribution in [3.8, 4) is 0 Å². The number of aromatic nitrogens is 4. The second-order valence-electron chi connectivity index (χ2n) is 8.27. The predicted molar refractivity (Wildman–Crippen MR) is 130 cm³/mol. The van der Waals surface area contributed by atoms with E-state index in [1.54, 1.807) is 54.4 Å². The summed E-state index contributed by atoms with van der Waals surface area (Å²) in [4.78, 5) is 47.4. The number of carbonyl (C=O) groups excluding carboxylic acids is 1. The minimum Gasteiger partial charge on any atom is -0.345 e. The fourth-order valence-corrected chi connectivity index (χ4v) is 6.07. The molecule has 182 valence electrons. The van der Waals surface area contributed by atoms with Gasteiger partial charge in [-0.2, -0.15) is 4.31 Å². The summed E-state index contributed by atoms with van der Waals surface area (Å²) in [5.41, 5.74) is -0.0394. The number of hydrogen-bond donors (Lipinski definition) is 1. The van der Waals surface area contributed by atoms with Crippen LogP contribution in [0.4, 0.5) is 0 Å². The zero-order valence-corrected chi connectivity index (χ0v) is 19.9. The van der Waals surface area contributed by atoms with Crippen molar-refractivity contribution in [3.63, 3.8) is 0 Å². The second-order valence-corrected chi connectivity index (χ2v) is 10.2. The second kappa shape index (κ2) is 8.78. The molecule has 0 spiro atoms. The molecule has 1 saturated heterocycles. The van der Waals surface area contributed by atoms with Gasteiger partial charge >= 0.3 is 5.69 Å². The van der Waals surface area contributed by atoms with E-state index in [0.717, 1.165) is 4.57 Å². The normalized spacial score (nSPS) is 15.2. The number of pyridine rings is 1. The highest BCUT2D eigenvalue weighted by molar-refractivity contribution is 7.89. The fraction of sp³-hybridized carbons (Fsp3) is 0.304. The molecule has 0 bridgehead atoms. The summed E-state index contributed by atoms with van der Waals surface area (Å²) in [7, 11) is -3.77. The monoisotopic (exact) mass is 496 g/mol. The van der Waals surface area contributed by atoms with Gasteiger partial charge in [-0.25, -0.2) is 18.2 Å². The largest absolute Gasteiger partial charge is 0.345 e. The van der Waals surface area contributed by atoms with Gasteiger partial charge in [0.05, 0.1) is 10.9 Å². The van der Waals surface area contributed by atoms with Crippen LogP contribution in [0.5, 0.6) is 0 Å². The van der Waals surface area contributed by atoms with Crippen LogP contribution in [-0.2, 0) is 27.9 Å². The molecule has 3 aromatic heterocycles. The zero-order chi connectivity index (χ0) is 24.7. The highest BCUT2D eigenvalue weighted by atomic mass is 32.2. The first-order chi connectivity index (χ1) is 16.8. The molecule has 11 nitrogen and oxygen atoms in total. The number of sulfonamides is 1. The van der Waals surface area contributed by atoms with Gasteiger partial charge in [0, 0.05) is 50.5 Å². The van der Waals surface area contributed by atoms with E-state index < -0.39 is 15.7 Å². The van der Waals surface area contributed by atoms with Gasteiger partial charge in [0.1, 0.15) is 17.1 Å². The van der Waals surface area contributed by atoms with Crippen molar-refractivity contribution in [3.05, 3.63) is 69.6 Å². The maximum absolute atomic E-state index is 13.2. The lowest BCUT2D eigenvalue weighted by molar-refractivity contribution is -0.133. The van der Waals surface area contributed by atoms with Crippen LogP contribution < -0.4 is 11.2 Å². The highest BCUT2D eigenvalue weighted by Gasteiger charge is 2.32. The molecule has 0 aliphatic carbocycles. The van der Waals surface area contributed by atoms with Crippen molar-refractivity contribution in [1.29, 1.82) is 0 Å². The number of amides is 1. The van der Waals surface area contributed by atoms with Crippen molar-refractivity contribution < 1.29 is 13.2 Å². The Morgan fingerprint density at radius 2 is 1.71 bits per heavy atom. The quantitative estimate of drug-likeness (QED) is 0.430. The third kappa shape index (κ3) is 3.84. The third-order valence-electron chi connectivity index (χ3n) is 6.36. The Labute approximate surface area is 200 Å². The standard InChI is InChI=1S/C23H24N6O5S/c1-2-28-22(31)16-6-3-4-8-18(16)29(23(28)32)15-20(30)26-10-12-27(13-11-26)35(33,34)19-14-25-21-17(19)7-5-9-24-21/h3-9,14H,2,10-13,15H2,1H3,(H,24,25). The number of rotatable bonds is 5. The summed E-state index contributed by atoms with van der Waals surface area (Å²) in [6, 6.07) is 10.1. The van der Waals surface area contributed by atoms with Crippen LogP contribution >= 0.6 is 0 Å². The number of piperazine rings is 1. The number of nitrogens with zero attached hydrogens (tertiary/aromatic N) is 5. The van der Waals surface area contributed by atoms with Gasteiger partial charge < -0.3 is 9.88 Å². The molecule has 0 radical (unpaired) electrons. The van der Waals surface area contributed by atoms with Crippen molar-refractivity contribution in [2.24, 2.45) is 0 Å². The van der Waals surface area contributed by atoms with Crippen LogP contribution in [0, 0.1) is 0 Å². The van der Waals surface area contributed by atoms with Crippen molar-refractivity contribution >= 4 is 37.9 Å². The van der Waals surface area contributed by atoms with E-state index in [2.05, 4.69) is 9.97 Å². The molecule has 35 heavy (non-hydrogen) atoms. The van der Waals surface area contributed by atoms with Crippen LogP contribution in [0.3, 0.4) is 0 Å². The average molecular weight is 497 g/mol. The van der Waals surface area contributed by atoms with E-state index in [9.17, 15) is 22.8 Å². The number of para-hydroxylation sites is 1. The molecule has 12 heteroatoms. The molecule has 1 aliphatic heterocycles. The van der Waals surface area contributed by atoms with E-state index in [1.165, 1.54) is 15.1 Å². The van der Waals surface area contributed by atoms with Gasteiger partial charge in [0.15, 0.2) is 0 Å². The smallest absolute Gasteiger partial charge is 0.331 e. The first kappa shape index (κ1) is 23.0. The molecule has 0 unspecified atom stereocenters. The molecule has 1 aromatic carbocycles. The maximum atomic E-state index is 13.2. The molecule has 1 aliphatic rings. The first-order valence-corrected chi connectivity index (χ1v) is 12.7. The van der Waals surface area contributed by atoms with Crippen LogP contribution in [0.25, 0.3) is 21.9 Å². The van der Waals surface area contributed by atoms with E-state index in [0.29, 0.717) is 21.9 Å². The molecule has 4 heterocycles. The lowest BCUT2D eigenvalue weighted by Crippen LogP contribution is -2.52. The van der Waals surface area contributed by atoms with Gasteiger partial charge in [-0.3, -0.25) is 18.7 Å². The van der Waals surface area contributed by atoms with Crippen LogP contribution in [0.1, 0.15) is 6.92 Å². The van der Waals surface area contributed by atoms with Crippen LogP contribution in [-0.4, -0.2) is 68.8 Å². The summed E-state index contributed by atoms with van der Waals surface area (Å²) in [6.45, 7) is 2.30. The number of benzene rings is 1. The predicted octanol–water partition coefficient (Wildman–Crippen LogP) is 0.593. The minimum absolute atomic E-state index is 0.130. The maximum Gasteiger partial charge on any atom is 0.331 e. The average Bonchev–Trinajstić information content (AvgIpc) is 3.32. The summed E-state index contributed by atoms with van der Waals surface area (Å²) in [6.07, 6.45) is 3.02. The van der Waals surface area contributed by atoms with Gasteiger partial charge in [-0.15, -0.1) is 0 Å². The van der Waals surface area contributed by atoms with Crippen molar-refractivity contribution in [2.45, 2.75) is 24.9 Å². The molecule has 0 atom stereocenters. The summed E-state index contributed by atoms with van der Waals surface area (Å²) in [5, 5.41) is 0.884. The molecular formula is C23H24N6O5S. The Balaban J connectivity index is 1.36. The zero-order valence-electron chi connectivity index (χ0n) is 19.0. The molecule has 5 rings (SSSR count). The summed E-state index contributed by atoms with van der Waals surface area (Å²) < 4.78 is 30.2. The fourth-order valence-electron chi connectivity index (χ4n) is 4.50. The number of nitrogens with one attached hydrogen (secondary N) is 1. The summed E-state index contributed by atoms with van der Waals surface area (Å²) in [5.74, 6) is -0.313. The number of carbonyl (C=O) groups is 1. The Bertz CT molecular complexity index is 1660. The number of H-pyrrole nitrogens is 1. The van der Waals surface area contributed by atoms with Gasteiger partial charge in [0.2, 0.25) is 15.9 Å². The topological polar surface area (TPSA) is 130 Å². The van der Waals surface area contributed by atoms with Crippen molar-refractivity contribution in [1.82, 2.24) is 28.3 Å². The Morgan fingerprint density at radius 3 is 2.46 bits per heavy atom.